The molecule has 0 saturated carbocycles. The van der Waals surface area contributed by atoms with Crippen LogP contribution in [0.15, 0.2) is 54.9 Å². The van der Waals surface area contributed by atoms with Gasteiger partial charge in [0, 0.05) is 27.5 Å². The number of rotatable bonds is 5. The van der Waals surface area contributed by atoms with E-state index in [0.29, 0.717) is 21.7 Å². The predicted molar refractivity (Wildman–Crippen MR) is 113 cm³/mol. The molecule has 2 aromatic carbocycles. The van der Waals surface area contributed by atoms with E-state index in [1.54, 1.807) is 10.9 Å². The summed E-state index contributed by atoms with van der Waals surface area (Å²) in [6.07, 6.45) is 4.51. The lowest BCUT2D eigenvalue weighted by Crippen LogP contribution is -2.19. The van der Waals surface area contributed by atoms with Gasteiger partial charge in [0.05, 0.1) is 18.4 Å². The molecule has 0 saturated heterocycles. The lowest BCUT2D eigenvalue weighted by atomic mass is 10.1. The molecule has 3 rings (SSSR count). The van der Waals surface area contributed by atoms with Crippen molar-refractivity contribution in [2.24, 2.45) is 0 Å². The van der Waals surface area contributed by atoms with Crippen molar-refractivity contribution in [2.45, 2.75) is 19.9 Å². The van der Waals surface area contributed by atoms with Crippen molar-refractivity contribution < 1.29 is 0 Å². The van der Waals surface area contributed by atoms with E-state index in [0.717, 1.165) is 23.4 Å². The molecule has 0 unspecified atom stereocenters. The van der Waals surface area contributed by atoms with Crippen LogP contribution in [0.3, 0.4) is 0 Å². The highest BCUT2D eigenvalue weighted by atomic mass is 35.5. The zero-order valence-electron chi connectivity index (χ0n) is 14.2. The number of nitrogens with zero attached hydrogens (tertiary/aromatic N) is 2. The van der Waals surface area contributed by atoms with Gasteiger partial charge in [-0.2, -0.15) is 5.10 Å². The molecule has 26 heavy (non-hydrogen) atoms. The monoisotopic (exact) mass is 404 g/mol. The standard InChI is InChI=1S/C19H18Cl2N4S/c1-2-13-6-3-4-9-18(13)24-19(26)23-14-10-22-25(11-14)12-15-16(20)7-5-8-17(15)21/h3-11H,2,12H2,1H3,(H2,23,24,26). The first kappa shape index (κ1) is 18.7. The Morgan fingerprint density at radius 2 is 1.81 bits per heavy atom. The summed E-state index contributed by atoms with van der Waals surface area (Å²) < 4.78 is 1.76. The van der Waals surface area contributed by atoms with Crippen molar-refractivity contribution in [2.75, 3.05) is 10.6 Å². The van der Waals surface area contributed by atoms with Crippen molar-refractivity contribution in [3.63, 3.8) is 0 Å². The number of benzene rings is 2. The maximum atomic E-state index is 6.22. The Bertz CT molecular complexity index is 903. The Morgan fingerprint density at radius 1 is 1.08 bits per heavy atom. The third kappa shape index (κ3) is 4.55. The maximum Gasteiger partial charge on any atom is 0.175 e. The van der Waals surface area contributed by atoms with Gasteiger partial charge in [-0.25, -0.2) is 0 Å². The molecular weight excluding hydrogens is 387 g/mol. The van der Waals surface area contributed by atoms with Crippen LogP contribution in [-0.2, 0) is 13.0 Å². The molecule has 7 heteroatoms. The van der Waals surface area contributed by atoms with Crippen molar-refractivity contribution in [1.82, 2.24) is 9.78 Å². The van der Waals surface area contributed by atoms with Gasteiger partial charge in [-0.3, -0.25) is 4.68 Å². The van der Waals surface area contributed by atoms with Crippen LogP contribution in [0.25, 0.3) is 0 Å². The van der Waals surface area contributed by atoms with E-state index in [2.05, 4.69) is 28.7 Å². The van der Waals surface area contributed by atoms with Crippen molar-refractivity contribution >= 4 is 51.9 Å². The van der Waals surface area contributed by atoms with Crippen LogP contribution in [0.4, 0.5) is 11.4 Å². The molecule has 0 amide bonds. The molecule has 1 aromatic heterocycles. The number of aryl methyl sites for hydroxylation is 1. The summed E-state index contributed by atoms with van der Waals surface area (Å²) in [5, 5.41) is 12.5. The minimum Gasteiger partial charge on any atom is -0.332 e. The van der Waals surface area contributed by atoms with E-state index in [4.69, 9.17) is 35.4 Å². The summed E-state index contributed by atoms with van der Waals surface area (Å²) in [6, 6.07) is 13.5. The Hall–Kier alpha value is -2.08. The van der Waals surface area contributed by atoms with Crippen LogP contribution in [0, 0.1) is 0 Å². The number of hydrogen-bond donors (Lipinski definition) is 2. The highest BCUT2D eigenvalue weighted by Crippen LogP contribution is 2.25. The zero-order valence-corrected chi connectivity index (χ0v) is 16.5. The summed E-state index contributed by atoms with van der Waals surface area (Å²) in [7, 11) is 0. The topological polar surface area (TPSA) is 41.9 Å². The van der Waals surface area contributed by atoms with Gasteiger partial charge in [0.2, 0.25) is 0 Å². The van der Waals surface area contributed by atoms with Gasteiger partial charge in [-0.1, -0.05) is 54.4 Å². The highest BCUT2D eigenvalue weighted by Gasteiger charge is 2.08. The number of anilines is 2. The second-order valence-electron chi connectivity index (χ2n) is 5.72. The Morgan fingerprint density at radius 3 is 2.54 bits per heavy atom. The minimum atomic E-state index is 0.485. The molecule has 0 bridgehead atoms. The number of para-hydroxylation sites is 1. The molecule has 2 N–H and O–H groups in total. The minimum absolute atomic E-state index is 0.485. The number of halogens is 2. The van der Waals surface area contributed by atoms with Crippen LogP contribution >= 0.6 is 35.4 Å². The molecular formula is C19H18Cl2N4S. The molecule has 0 atom stereocenters. The fourth-order valence-corrected chi connectivity index (χ4v) is 3.34. The van der Waals surface area contributed by atoms with Crippen LogP contribution in [-0.4, -0.2) is 14.9 Å². The van der Waals surface area contributed by atoms with Crippen LogP contribution in [0.2, 0.25) is 10.0 Å². The Labute approximate surface area is 168 Å². The molecule has 0 aliphatic rings. The molecule has 0 spiro atoms. The molecule has 1 heterocycles. The largest absolute Gasteiger partial charge is 0.332 e. The number of aromatic nitrogens is 2. The highest BCUT2D eigenvalue weighted by molar-refractivity contribution is 7.80. The van der Waals surface area contributed by atoms with E-state index in [9.17, 15) is 0 Å². The van der Waals surface area contributed by atoms with Crippen molar-refractivity contribution in [3.8, 4) is 0 Å². The van der Waals surface area contributed by atoms with E-state index in [-0.39, 0.29) is 0 Å². The molecule has 134 valence electrons. The fourth-order valence-electron chi connectivity index (χ4n) is 2.60. The van der Waals surface area contributed by atoms with Gasteiger partial charge in [0.25, 0.3) is 0 Å². The maximum absolute atomic E-state index is 6.22. The van der Waals surface area contributed by atoms with Crippen LogP contribution in [0.1, 0.15) is 18.1 Å². The van der Waals surface area contributed by atoms with E-state index >= 15 is 0 Å². The van der Waals surface area contributed by atoms with Gasteiger partial charge in [0.1, 0.15) is 0 Å². The average Bonchev–Trinajstić information content (AvgIpc) is 3.05. The summed E-state index contributed by atoms with van der Waals surface area (Å²) in [4.78, 5) is 0. The third-order valence-corrected chi connectivity index (χ3v) is 4.83. The Kier molecular flexibility index (Phi) is 6.14. The SMILES string of the molecule is CCc1ccccc1NC(=S)Nc1cnn(Cc2c(Cl)cccc2Cl)c1. The summed E-state index contributed by atoms with van der Waals surface area (Å²) >= 11 is 17.8. The number of hydrogen-bond acceptors (Lipinski definition) is 2. The summed E-state index contributed by atoms with van der Waals surface area (Å²) in [5.74, 6) is 0. The van der Waals surface area contributed by atoms with Crippen molar-refractivity contribution in [1.29, 1.82) is 0 Å². The van der Waals surface area contributed by atoms with Crippen LogP contribution in [0.5, 0.6) is 0 Å². The molecule has 0 aliphatic carbocycles. The van der Waals surface area contributed by atoms with Gasteiger partial charge < -0.3 is 10.6 Å². The second kappa shape index (κ2) is 8.54. The van der Waals surface area contributed by atoms with Crippen LogP contribution < -0.4 is 10.6 Å². The smallest absolute Gasteiger partial charge is 0.175 e. The fraction of sp³-hybridized carbons (Fsp3) is 0.158. The van der Waals surface area contributed by atoms with Gasteiger partial charge in [-0.15, -0.1) is 0 Å². The van der Waals surface area contributed by atoms with E-state index in [1.165, 1.54) is 5.56 Å². The first-order valence-corrected chi connectivity index (χ1v) is 9.34. The van der Waals surface area contributed by atoms with Crippen molar-refractivity contribution in [3.05, 3.63) is 76.0 Å². The normalized spacial score (nSPS) is 10.6. The van der Waals surface area contributed by atoms with Gasteiger partial charge in [0.15, 0.2) is 5.11 Å². The second-order valence-corrected chi connectivity index (χ2v) is 6.94. The first-order valence-electron chi connectivity index (χ1n) is 8.18. The van der Waals surface area contributed by atoms with Gasteiger partial charge in [-0.05, 0) is 42.4 Å². The predicted octanol–water partition coefficient (Wildman–Crippen LogP) is 5.61. The van der Waals surface area contributed by atoms with E-state index in [1.807, 2.05) is 42.6 Å². The van der Waals surface area contributed by atoms with E-state index < -0.39 is 0 Å². The third-order valence-electron chi connectivity index (χ3n) is 3.92. The molecule has 0 fully saturated rings. The average molecular weight is 405 g/mol. The lowest BCUT2D eigenvalue weighted by molar-refractivity contribution is 0.687. The molecule has 3 aromatic rings. The Balaban J connectivity index is 1.66. The number of thiocarbonyl (C=S) groups is 1. The summed E-state index contributed by atoms with van der Waals surface area (Å²) in [6.45, 7) is 2.60. The lowest BCUT2D eigenvalue weighted by Gasteiger charge is -2.12. The zero-order chi connectivity index (χ0) is 18.5. The quantitative estimate of drug-likeness (QED) is 0.542. The first-order chi connectivity index (χ1) is 12.6. The molecule has 4 nitrogen and oxygen atoms in total. The molecule has 0 radical (unpaired) electrons. The molecule has 0 aliphatic heterocycles. The number of nitrogens with one attached hydrogen (secondary N) is 2. The summed E-state index contributed by atoms with van der Waals surface area (Å²) in [5.41, 5.74) is 3.84. The van der Waals surface area contributed by atoms with Gasteiger partial charge >= 0.3 is 0 Å².